The van der Waals surface area contributed by atoms with E-state index in [4.69, 9.17) is 10.8 Å². The van der Waals surface area contributed by atoms with Crippen molar-refractivity contribution in [2.24, 2.45) is 11.7 Å². The third-order valence-corrected chi connectivity index (χ3v) is 3.53. The van der Waals surface area contributed by atoms with Gasteiger partial charge in [0.05, 0.1) is 0 Å². The van der Waals surface area contributed by atoms with E-state index in [1.165, 1.54) is 0 Å². The molecule has 1 rings (SSSR count). The highest BCUT2D eigenvalue weighted by molar-refractivity contribution is 5.78. The van der Waals surface area contributed by atoms with Crippen LogP contribution in [-0.4, -0.2) is 30.2 Å². The van der Waals surface area contributed by atoms with E-state index in [-0.39, 0.29) is 18.4 Å². The van der Waals surface area contributed by atoms with E-state index in [2.05, 4.69) is 5.32 Å². The van der Waals surface area contributed by atoms with Gasteiger partial charge in [0, 0.05) is 25.1 Å². The maximum Gasteiger partial charge on any atom is 0.223 e. The lowest BCUT2D eigenvalue weighted by Gasteiger charge is -2.25. The predicted molar refractivity (Wildman–Crippen MR) is 68.5 cm³/mol. The zero-order chi connectivity index (χ0) is 12.5. The van der Waals surface area contributed by atoms with E-state index >= 15 is 0 Å². The number of nitrogens with two attached hydrogens (primary N) is 1. The van der Waals surface area contributed by atoms with Crippen molar-refractivity contribution in [3.05, 3.63) is 0 Å². The minimum Gasteiger partial charge on any atom is -0.396 e. The molecule has 0 aliphatic heterocycles. The van der Waals surface area contributed by atoms with Gasteiger partial charge in [0.1, 0.15) is 0 Å². The number of aliphatic hydroxyl groups excluding tert-OH is 1. The largest absolute Gasteiger partial charge is 0.396 e. The van der Waals surface area contributed by atoms with Gasteiger partial charge in [-0.1, -0.05) is 12.8 Å². The van der Waals surface area contributed by atoms with Crippen molar-refractivity contribution < 1.29 is 9.90 Å². The van der Waals surface area contributed by atoms with Crippen LogP contribution in [-0.2, 0) is 4.79 Å². The van der Waals surface area contributed by atoms with Crippen LogP contribution in [0.4, 0.5) is 0 Å². The molecule has 1 aliphatic carbocycles. The summed E-state index contributed by atoms with van der Waals surface area (Å²) in [5, 5.41) is 11.6. The Labute approximate surface area is 104 Å². The molecule has 0 atom stereocenters. The average molecular weight is 242 g/mol. The fourth-order valence-electron chi connectivity index (χ4n) is 2.33. The fraction of sp³-hybridized carbons (Fsp3) is 0.923. The molecular formula is C13H26N2O2. The van der Waals surface area contributed by atoms with Crippen LogP contribution in [0.2, 0.25) is 0 Å². The summed E-state index contributed by atoms with van der Waals surface area (Å²) in [5.41, 5.74) is 5.81. The quantitative estimate of drug-likeness (QED) is 0.587. The molecule has 4 N–H and O–H groups in total. The Kier molecular flexibility index (Phi) is 7.21. The van der Waals surface area contributed by atoms with E-state index in [1.54, 1.807) is 0 Å². The number of aliphatic hydroxyl groups is 1. The number of carbonyl (C=O) groups is 1. The lowest BCUT2D eigenvalue weighted by atomic mass is 9.86. The van der Waals surface area contributed by atoms with Crippen LogP contribution in [0.3, 0.4) is 0 Å². The Balaban J connectivity index is 2.01. The van der Waals surface area contributed by atoms with Crippen LogP contribution in [0.5, 0.6) is 0 Å². The molecule has 0 radical (unpaired) electrons. The molecule has 1 fully saturated rings. The molecule has 0 bridgehead atoms. The molecule has 0 aromatic carbocycles. The first-order chi connectivity index (χ1) is 8.24. The lowest BCUT2D eigenvalue weighted by Crippen LogP contribution is -2.36. The molecule has 0 heterocycles. The smallest absolute Gasteiger partial charge is 0.223 e. The van der Waals surface area contributed by atoms with Crippen molar-refractivity contribution in [3.8, 4) is 0 Å². The molecule has 4 nitrogen and oxygen atoms in total. The molecule has 0 unspecified atom stereocenters. The number of rotatable bonds is 7. The van der Waals surface area contributed by atoms with Gasteiger partial charge < -0.3 is 16.2 Å². The van der Waals surface area contributed by atoms with Crippen molar-refractivity contribution in [1.29, 1.82) is 0 Å². The Hall–Kier alpha value is -0.610. The van der Waals surface area contributed by atoms with Gasteiger partial charge in [-0.2, -0.15) is 0 Å². The topological polar surface area (TPSA) is 75.4 Å². The van der Waals surface area contributed by atoms with Gasteiger partial charge >= 0.3 is 0 Å². The summed E-state index contributed by atoms with van der Waals surface area (Å²) in [6.45, 7) is 1.04. The third kappa shape index (κ3) is 6.03. The van der Waals surface area contributed by atoms with E-state index in [9.17, 15) is 4.79 Å². The van der Waals surface area contributed by atoms with Crippen LogP contribution in [0.15, 0.2) is 0 Å². The molecule has 4 heteroatoms. The van der Waals surface area contributed by atoms with Gasteiger partial charge in [0.2, 0.25) is 5.91 Å². The monoisotopic (exact) mass is 242 g/mol. The zero-order valence-electron chi connectivity index (χ0n) is 10.7. The van der Waals surface area contributed by atoms with Gasteiger partial charge in [0.15, 0.2) is 0 Å². The van der Waals surface area contributed by atoms with E-state index < -0.39 is 0 Å². The molecular weight excluding hydrogens is 216 g/mol. The summed E-state index contributed by atoms with van der Waals surface area (Å²) in [7, 11) is 0. The van der Waals surface area contributed by atoms with Crippen molar-refractivity contribution >= 4 is 5.91 Å². The second kappa shape index (κ2) is 8.48. The summed E-state index contributed by atoms with van der Waals surface area (Å²) < 4.78 is 0. The first-order valence-corrected chi connectivity index (χ1v) is 6.88. The Morgan fingerprint density at radius 3 is 2.41 bits per heavy atom. The number of carbonyl (C=O) groups excluding carboxylic acids is 1. The maximum atomic E-state index is 11.8. The molecule has 0 aromatic heterocycles. The normalized spacial score (nSPS) is 24.6. The third-order valence-electron chi connectivity index (χ3n) is 3.53. The summed E-state index contributed by atoms with van der Waals surface area (Å²) in [5.74, 6) is 0.395. The number of hydrogen-bond donors (Lipinski definition) is 3. The molecule has 17 heavy (non-hydrogen) atoms. The second-order valence-electron chi connectivity index (χ2n) is 5.04. The zero-order valence-corrected chi connectivity index (χ0v) is 10.7. The van der Waals surface area contributed by atoms with Crippen LogP contribution in [0, 0.1) is 5.92 Å². The summed E-state index contributed by atoms with van der Waals surface area (Å²) >= 11 is 0. The maximum absolute atomic E-state index is 11.8. The highest BCUT2D eigenvalue weighted by Crippen LogP contribution is 2.23. The average Bonchev–Trinajstić information content (AvgIpc) is 2.34. The van der Waals surface area contributed by atoms with Crippen LogP contribution >= 0.6 is 0 Å². The van der Waals surface area contributed by atoms with E-state index in [0.29, 0.717) is 6.04 Å². The number of nitrogens with one attached hydrogen (secondary N) is 1. The van der Waals surface area contributed by atoms with E-state index in [1.807, 2.05) is 0 Å². The SMILES string of the molecule is NC1CCC(C(=O)NCCCCCCO)CC1. The van der Waals surface area contributed by atoms with Crippen molar-refractivity contribution in [2.45, 2.75) is 57.4 Å². The van der Waals surface area contributed by atoms with Gasteiger partial charge in [-0.05, 0) is 38.5 Å². The van der Waals surface area contributed by atoms with Crippen molar-refractivity contribution in [2.75, 3.05) is 13.2 Å². The Morgan fingerprint density at radius 1 is 1.12 bits per heavy atom. The first kappa shape index (κ1) is 14.5. The standard InChI is InChI=1S/C13H26N2O2/c14-12-7-5-11(6-8-12)13(17)15-9-3-1-2-4-10-16/h11-12,16H,1-10,14H2,(H,15,17). The van der Waals surface area contributed by atoms with Crippen molar-refractivity contribution in [1.82, 2.24) is 5.32 Å². The molecule has 0 spiro atoms. The molecule has 100 valence electrons. The summed E-state index contributed by atoms with van der Waals surface area (Å²) in [6, 6.07) is 0.303. The van der Waals surface area contributed by atoms with Crippen molar-refractivity contribution in [3.63, 3.8) is 0 Å². The van der Waals surface area contributed by atoms with Gasteiger partial charge in [0.25, 0.3) is 0 Å². The van der Waals surface area contributed by atoms with Crippen LogP contribution in [0.25, 0.3) is 0 Å². The number of hydrogen-bond acceptors (Lipinski definition) is 3. The van der Waals surface area contributed by atoms with Gasteiger partial charge in [-0.3, -0.25) is 4.79 Å². The number of amides is 1. The van der Waals surface area contributed by atoms with Gasteiger partial charge in [-0.15, -0.1) is 0 Å². The molecule has 0 aromatic rings. The molecule has 1 aliphatic rings. The summed E-state index contributed by atoms with van der Waals surface area (Å²) in [4.78, 5) is 11.8. The highest BCUT2D eigenvalue weighted by Gasteiger charge is 2.23. The highest BCUT2D eigenvalue weighted by atomic mass is 16.2. The van der Waals surface area contributed by atoms with E-state index in [0.717, 1.165) is 57.9 Å². The second-order valence-corrected chi connectivity index (χ2v) is 5.04. The van der Waals surface area contributed by atoms with Gasteiger partial charge in [-0.25, -0.2) is 0 Å². The Bertz CT molecular complexity index is 213. The summed E-state index contributed by atoms with van der Waals surface area (Å²) in [6.07, 6.45) is 7.85. The minimum absolute atomic E-state index is 0.187. The predicted octanol–water partition coefficient (Wildman–Crippen LogP) is 1.17. The van der Waals surface area contributed by atoms with Crippen LogP contribution in [0.1, 0.15) is 51.4 Å². The fourth-order valence-corrected chi connectivity index (χ4v) is 2.33. The Morgan fingerprint density at radius 2 is 1.76 bits per heavy atom. The minimum atomic E-state index is 0.187. The first-order valence-electron chi connectivity index (χ1n) is 6.88. The molecule has 1 amide bonds. The molecule has 1 saturated carbocycles. The number of unbranched alkanes of at least 4 members (excludes halogenated alkanes) is 3. The lowest BCUT2D eigenvalue weighted by molar-refractivity contribution is -0.126. The van der Waals surface area contributed by atoms with Crippen LogP contribution < -0.4 is 11.1 Å². The molecule has 0 saturated heterocycles.